The van der Waals surface area contributed by atoms with Crippen LogP contribution >= 0.6 is 11.6 Å². The largest absolute Gasteiger partial charge is 0.472 e. The van der Waals surface area contributed by atoms with Gasteiger partial charge in [-0.2, -0.15) is 0 Å². The number of ether oxygens (including phenoxy) is 2. The third kappa shape index (κ3) is 4.08. The predicted molar refractivity (Wildman–Crippen MR) is 150 cm³/mol. The summed E-state index contributed by atoms with van der Waals surface area (Å²) < 4.78 is 12.5. The van der Waals surface area contributed by atoms with Crippen molar-refractivity contribution in [2.24, 2.45) is 5.92 Å². The Morgan fingerprint density at radius 1 is 0.842 bits per heavy atom. The molecule has 38 heavy (non-hydrogen) atoms. The number of aromatic nitrogens is 2. The van der Waals surface area contributed by atoms with E-state index in [0.29, 0.717) is 17.5 Å². The van der Waals surface area contributed by atoms with E-state index in [-0.39, 0.29) is 18.1 Å². The summed E-state index contributed by atoms with van der Waals surface area (Å²) >= 11 is 6.79. The quantitative estimate of drug-likeness (QED) is 0.257. The van der Waals surface area contributed by atoms with Gasteiger partial charge in [0.15, 0.2) is 0 Å². The normalized spacial score (nSPS) is 22.6. The van der Waals surface area contributed by atoms with Crippen LogP contribution in [0.15, 0.2) is 91.0 Å². The summed E-state index contributed by atoms with van der Waals surface area (Å²) in [6, 6.07) is 30.7. The van der Waals surface area contributed by atoms with Crippen LogP contribution in [0.4, 0.5) is 0 Å². The first kappa shape index (κ1) is 23.5. The van der Waals surface area contributed by atoms with Crippen LogP contribution in [-0.2, 0) is 4.74 Å². The Morgan fingerprint density at radius 3 is 2.24 bits per heavy atom. The van der Waals surface area contributed by atoms with E-state index in [9.17, 15) is 5.11 Å². The van der Waals surface area contributed by atoms with Crippen molar-refractivity contribution in [1.29, 1.82) is 0 Å². The molecule has 0 unspecified atom stereocenters. The number of benzene rings is 3. The zero-order valence-electron chi connectivity index (χ0n) is 20.7. The van der Waals surface area contributed by atoms with Crippen molar-refractivity contribution in [3.63, 3.8) is 0 Å². The number of aliphatic hydroxyl groups excluding tert-OH is 1. The van der Waals surface area contributed by atoms with E-state index < -0.39 is 6.10 Å². The second kappa shape index (κ2) is 9.59. The molecule has 5 nitrogen and oxygen atoms in total. The number of aliphatic hydroxyl groups is 1. The third-order valence-electron chi connectivity index (χ3n) is 7.81. The van der Waals surface area contributed by atoms with Crippen molar-refractivity contribution < 1.29 is 14.6 Å². The summed E-state index contributed by atoms with van der Waals surface area (Å²) in [5.41, 5.74) is 7.52. The fourth-order valence-corrected chi connectivity index (χ4v) is 6.16. The summed E-state index contributed by atoms with van der Waals surface area (Å²) in [5.74, 6) is 0.782. The number of nitrogens with zero attached hydrogens (tertiary/aromatic N) is 1. The van der Waals surface area contributed by atoms with Crippen molar-refractivity contribution in [2.75, 3.05) is 6.61 Å². The van der Waals surface area contributed by atoms with Crippen molar-refractivity contribution in [2.45, 2.75) is 31.2 Å². The molecule has 3 heterocycles. The van der Waals surface area contributed by atoms with Gasteiger partial charge in [0.2, 0.25) is 5.88 Å². The van der Waals surface area contributed by atoms with Gasteiger partial charge in [-0.1, -0.05) is 96.5 Å². The maximum atomic E-state index is 10.3. The van der Waals surface area contributed by atoms with E-state index in [1.54, 1.807) is 0 Å². The maximum Gasteiger partial charge on any atom is 0.202 e. The van der Waals surface area contributed by atoms with Gasteiger partial charge in [-0.25, -0.2) is 4.98 Å². The molecule has 0 radical (unpaired) electrons. The van der Waals surface area contributed by atoms with Crippen LogP contribution in [0.25, 0.3) is 44.5 Å². The highest BCUT2D eigenvalue weighted by Gasteiger charge is 2.47. The summed E-state index contributed by atoms with van der Waals surface area (Å²) in [7, 11) is 0. The van der Waals surface area contributed by atoms with E-state index in [0.717, 1.165) is 51.8 Å². The van der Waals surface area contributed by atoms with E-state index in [1.807, 2.05) is 42.5 Å². The van der Waals surface area contributed by atoms with E-state index >= 15 is 0 Å². The van der Waals surface area contributed by atoms with Crippen molar-refractivity contribution in [1.82, 2.24) is 9.97 Å². The fraction of sp³-hybridized carbons (Fsp3) is 0.219. The number of halogens is 1. The Hall–Kier alpha value is -3.64. The van der Waals surface area contributed by atoms with E-state index in [2.05, 4.69) is 53.5 Å². The standard InChI is InChI=1S/C32H27ClN2O3/c33-24-17-25-30(35-29(24)22-13-11-20(12-14-22)19-7-3-1-4-8-19)28(21-9-5-2-6-10-21)32(34-25)38-27-16-15-23-26(36)18-37-31(23)27/h1-14,17,23,26-27,31,34,36H,15-16,18H2/t23-,26-,27-,31+/m1/s1. The Morgan fingerprint density at radius 2 is 1.50 bits per heavy atom. The molecule has 1 aliphatic heterocycles. The Bertz CT molecular complexity index is 1580. The molecule has 2 aromatic heterocycles. The molecule has 6 heteroatoms. The van der Waals surface area contributed by atoms with Gasteiger partial charge in [-0.05, 0) is 35.6 Å². The fourth-order valence-electron chi connectivity index (χ4n) is 5.90. The average molecular weight is 523 g/mol. The minimum absolute atomic E-state index is 0.102. The molecule has 1 saturated carbocycles. The molecule has 5 aromatic rings. The lowest BCUT2D eigenvalue weighted by Gasteiger charge is -2.20. The van der Waals surface area contributed by atoms with Crippen LogP contribution in [0.2, 0.25) is 5.02 Å². The monoisotopic (exact) mass is 522 g/mol. The molecule has 1 saturated heterocycles. The van der Waals surface area contributed by atoms with Crippen molar-refractivity contribution in [3.05, 3.63) is 96.0 Å². The molecule has 4 atom stereocenters. The van der Waals surface area contributed by atoms with Gasteiger partial charge in [0.1, 0.15) is 11.6 Å². The van der Waals surface area contributed by atoms with Crippen LogP contribution in [0.1, 0.15) is 12.8 Å². The zero-order valence-corrected chi connectivity index (χ0v) is 21.4. The number of aromatic amines is 1. The second-order valence-electron chi connectivity index (χ2n) is 10.1. The van der Waals surface area contributed by atoms with Crippen LogP contribution < -0.4 is 4.74 Å². The second-order valence-corrected chi connectivity index (χ2v) is 10.5. The summed E-state index contributed by atoms with van der Waals surface area (Å²) in [6.45, 7) is 0.372. The molecule has 2 fully saturated rings. The van der Waals surface area contributed by atoms with Gasteiger partial charge in [0.25, 0.3) is 0 Å². The number of rotatable bonds is 5. The lowest BCUT2D eigenvalue weighted by molar-refractivity contribution is 0.0156. The molecular formula is C32H27ClN2O3. The topological polar surface area (TPSA) is 67.4 Å². The van der Waals surface area contributed by atoms with Gasteiger partial charge in [0, 0.05) is 11.5 Å². The molecule has 7 rings (SSSR count). The Balaban J connectivity index is 1.30. The maximum absolute atomic E-state index is 10.3. The number of H-pyrrole nitrogens is 1. The zero-order chi connectivity index (χ0) is 25.6. The first-order valence-corrected chi connectivity index (χ1v) is 13.4. The minimum atomic E-state index is -0.416. The molecule has 190 valence electrons. The molecule has 2 aliphatic rings. The molecule has 1 aliphatic carbocycles. The Kier molecular flexibility index (Phi) is 5.92. The molecule has 0 spiro atoms. The summed E-state index contributed by atoms with van der Waals surface area (Å²) in [4.78, 5) is 8.53. The highest BCUT2D eigenvalue weighted by Crippen LogP contribution is 2.43. The predicted octanol–water partition coefficient (Wildman–Crippen LogP) is 7.13. The Labute approximate surface area is 226 Å². The van der Waals surface area contributed by atoms with Crippen molar-refractivity contribution >= 4 is 22.6 Å². The first-order chi connectivity index (χ1) is 18.7. The average Bonchev–Trinajstić information content (AvgIpc) is 3.64. The van der Waals surface area contributed by atoms with E-state index in [1.165, 1.54) is 5.56 Å². The molecule has 0 bridgehead atoms. The van der Waals surface area contributed by atoms with Crippen LogP contribution in [0.3, 0.4) is 0 Å². The third-order valence-corrected chi connectivity index (χ3v) is 8.10. The SMILES string of the molecule is O[C@@H]1CO[C@H]2[C@@H]1CC[C@H]2Oc1[nH]c2cc(Cl)c(-c3ccc(-c4ccccc4)cc3)nc2c1-c1ccccc1. The van der Waals surface area contributed by atoms with Gasteiger partial charge in [-0.3, -0.25) is 0 Å². The smallest absolute Gasteiger partial charge is 0.202 e. The molecule has 2 N–H and O–H groups in total. The van der Waals surface area contributed by atoms with Crippen LogP contribution in [-0.4, -0.2) is 40.0 Å². The first-order valence-electron chi connectivity index (χ1n) is 13.1. The van der Waals surface area contributed by atoms with Gasteiger partial charge < -0.3 is 19.6 Å². The molecule has 0 amide bonds. The molecule has 3 aromatic carbocycles. The number of hydrogen-bond acceptors (Lipinski definition) is 4. The summed E-state index contributed by atoms with van der Waals surface area (Å²) in [5, 5.41) is 10.8. The number of nitrogens with one attached hydrogen (secondary N) is 1. The van der Waals surface area contributed by atoms with Crippen LogP contribution in [0, 0.1) is 5.92 Å². The van der Waals surface area contributed by atoms with Gasteiger partial charge in [-0.15, -0.1) is 0 Å². The number of pyridine rings is 1. The van der Waals surface area contributed by atoms with Crippen molar-refractivity contribution in [3.8, 4) is 39.4 Å². The summed E-state index contributed by atoms with van der Waals surface area (Å²) in [6.07, 6.45) is 1.08. The lowest BCUT2D eigenvalue weighted by atomic mass is 10.0. The molecular weight excluding hydrogens is 496 g/mol. The minimum Gasteiger partial charge on any atom is -0.472 e. The van der Waals surface area contributed by atoms with Crippen LogP contribution in [0.5, 0.6) is 5.88 Å². The number of hydrogen-bond donors (Lipinski definition) is 2. The van der Waals surface area contributed by atoms with Gasteiger partial charge >= 0.3 is 0 Å². The highest BCUT2D eigenvalue weighted by atomic mass is 35.5. The van der Waals surface area contributed by atoms with Gasteiger partial charge in [0.05, 0.1) is 40.6 Å². The number of fused-ring (bicyclic) bond motifs is 2. The lowest BCUT2D eigenvalue weighted by Crippen LogP contribution is -2.30. The highest BCUT2D eigenvalue weighted by molar-refractivity contribution is 6.33. The van der Waals surface area contributed by atoms with E-state index in [4.69, 9.17) is 26.1 Å².